The molecule has 0 spiro atoms. The standard InChI is InChI=1S/C37H35Cl2N3O4/c1-2-3-19-42-23-34(31-18-15-29(38)22-32(31)39)41-36(42)33(40-35(43)21-25-7-5-4-6-8-25)20-26-11-16-30(17-12-26)46-24-27-9-13-28(14-10-27)37(44)45/h4-18,22-23,33H,2-3,19-21,24H2,1H3,(H,40,43)(H,44,45)/t33-/m0/s1. The molecular weight excluding hydrogens is 621 g/mol. The first-order valence-corrected chi connectivity index (χ1v) is 15.9. The number of ether oxygens (including phenoxy) is 1. The van der Waals surface area contributed by atoms with Crippen LogP contribution in [0.15, 0.2) is 103 Å². The van der Waals surface area contributed by atoms with Gasteiger partial charge in [0, 0.05) is 23.3 Å². The van der Waals surface area contributed by atoms with Crippen LogP contribution in [0.25, 0.3) is 11.3 Å². The highest BCUT2D eigenvalue weighted by molar-refractivity contribution is 6.36. The molecule has 0 aliphatic rings. The van der Waals surface area contributed by atoms with Crippen molar-refractivity contribution in [2.75, 3.05) is 0 Å². The lowest BCUT2D eigenvalue weighted by Gasteiger charge is -2.20. The van der Waals surface area contributed by atoms with Crippen LogP contribution in [0.5, 0.6) is 5.75 Å². The van der Waals surface area contributed by atoms with E-state index >= 15 is 0 Å². The molecule has 7 nitrogen and oxygen atoms in total. The van der Waals surface area contributed by atoms with Crippen LogP contribution in [0.1, 0.15) is 58.7 Å². The number of carbonyl (C=O) groups excluding carboxylic acids is 1. The summed E-state index contributed by atoms with van der Waals surface area (Å²) >= 11 is 12.7. The Morgan fingerprint density at radius 3 is 2.30 bits per heavy atom. The van der Waals surface area contributed by atoms with Crippen molar-refractivity contribution in [3.05, 3.63) is 141 Å². The molecule has 0 saturated heterocycles. The average molecular weight is 657 g/mol. The molecule has 0 radical (unpaired) electrons. The van der Waals surface area contributed by atoms with E-state index in [1.807, 2.05) is 66.9 Å². The number of aromatic nitrogens is 2. The number of carboxylic acids is 1. The van der Waals surface area contributed by atoms with Crippen LogP contribution in [-0.4, -0.2) is 26.5 Å². The van der Waals surface area contributed by atoms with Crippen molar-refractivity contribution in [3.63, 3.8) is 0 Å². The van der Waals surface area contributed by atoms with Gasteiger partial charge in [0.25, 0.3) is 0 Å². The van der Waals surface area contributed by atoms with Gasteiger partial charge in [-0.15, -0.1) is 0 Å². The van der Waals surface area contributed by atoms with E-state index in [9.17, 15) is 9.59 Å². The first-order chi connectivity index (χ1) is 22.3. The number of hydrogen-bond donors (Lipinski definition) is 2. The molecule has 1 amide bonds. The molecule has 0 unspecified atom stereocenters. The summed E-state index contributed by atoms with van der Waals surface area (Å²) in [4.78, 5) is 29.5. The molecular formula is C37H35Cl2N3O4. The van der Waals surface area contributed by atoms with Crippen LogP contribution in [0.4, 0.5) is 0 Å². The van der Waals surface area contributed by atoms with E-state index in [4.69, 9.17) is 38.0 Å². The molecule has 1 atom stereocenters. The molecule has 1 aromatic heterocycles. The number of unbranched alkanes of at least 4 members (excludes halogenated alkanes) is 1. The van der Waals surface area contributed by atoms with Gasteiger partial charge in [-0.05, 0) is 72.0 Å². The summed E-state index contributed by atoms with van der Waals surface area (Å²) in [6.45, 7) is 3.19. The van der Waals surface area contributed by atoms with E-state index in [0.717, 1.165) is 53.2 Å². The second-order valence-electron chi connectivity index (χ2n) is 11.1. The number of nitrogens with zero attached hydrogens (tertiary/aromatic N) is 2. The van der Waals surface area contributed by atoms with Gasteiger partial charge in [0.2, 0.25) is 5.91 Å². The fourth-order valence-corrected chi connectivity index (χ4v) is 5.65. The molecule has 2 N–H and O–H groups in total. The Labute approximate surface area is 278 Å². The number of rotatable bonds is 14. The number of nitrogens with one attached hydrogen (secondary N) is 1. The maximum absolute atomic E-state index is 13.4. The van der Waals surface area contributed by atoms with E-state index < -0.39 is 12.0 Å². The van der Waals surface area contributed by atoms with Crippen LogP contribution in [0, 0.1) is 0 Å². The molecule has 4 aromatic carbocycles. The fraction of sp³-hybridized carbons (Fsp3) is 0.216. The van der Waals surface area contributed by atoms with Gasteiger partial charge in [0.05, 0.1) is 28.7 Å². The van der Waals surface area contributed by atoms with Crippen LogP contribution < -0.4 is 10.1 Å². The molecule has 0 bridgehead atoms. The van der Waals surface area contributed by atoms with E-state index in [-0.39, 0.29) is 17.9 Å². The number of halogens is 2. The molecule has 46 heavy (non-hydrogen) atoms. The van der Waals surface area contributed by atoms with Crippen molar-refractivity contribution in [2.45, 2.75) is 51.8 Å². The SMILES string of the molecule is CCCCn1cc(-c2ccc(Cl)cc2Cl)nc1[C@H](Cc1ccc(OCc2ccc(C(=O)O)cc2)cc1)NC(=O)Cc1ccccc1. The molecule has 0 fully saturated rings. The summed E-state index contributed by atoms with van der Waals surface area (Å²) in [5.41, 5.74) is 4.52. The topological polar surface area (TPSA) is 93.5 Å². The van der Waals surface area contributed by atoms with Crippen LogP contribution in [0.3, 0.4) is 0 Å². The number of imidazole rings is 1. The van der Waals surface area contributed by atoms with Gasteiger partial charge < -0.3 is 19.7 Å². The summed E-state index contributed by atoms with van der Waals surface area (Å²) in [5, 5.41) is 13.4. The monoisotopic (exact) mass is 655 g/mol. The Morgan fingerprint density at radius 1 is 0.913 bits per heavy atom. The molecule has 5 aromatic rings. The van der Waals surface area contributed by atoms with Gasteiger partial charge >= 0.3 is 5.97 Å². The third-order valence-electron chi connectivity index (χ3n) is 7.59. The van der Waals surface area contributed by atoms with E-state index in [2.05, 4.69) is 16.8 Å². The minimum Gasteiger partial charge on any atom is -0.489 e. The van der Waals surface area contributed by atoms with E-state index in [1.54, 1.807) is 36.4 Å². The molecule has 0 aliphatic carbocycles. The second kappa shape index (κ2) is 15.6. The third-order valence-corrected chi connectivity index (χ3v) is 8.14. The number of amides is 1. The lowest BCUT2D eigenvalue weighted by molar-refractivity contribution is -0.121. The molecule has 9 heteroatoms. The zero-order valence-corrected chi connectivity index (χ0v) is 27.0. The minimum absolute atomic E-state index is 0.0961. The van der Waals surface area contributed by atoms with Gasteiger partial charge in [-0.1, -0.05) is 91.1 Å². The summed E-state index contributed by atoms with van der Waals surface area (Å²) in [7, 11) is 0. The van der Waals surface area contributed by atoms with Crippen LogP contribution >= 0.6 is 23.2 Å². The van der Waals surface area contributed by atoms with Gasteiger partial charge in [0.15, 0.2) is 0 Å². The van der Waals surface area contributed by atoms with Crippen LogP contribution in [0.2, 0.25) is 10.0 Å². The Morgan fingerprint density at radius 2 is 1.63 bits per heavy atom. The quantitative estimate of drug-likeness (QED) is 0.125. The summed E-state index contributed by atoms with van der Waals surface area (Å²) in [6, 6.07) is 29.0. The maximum Gasteiger partial charge on any atom is 0.335 e. The smallest absolute Gasteiger partial charge is 0.335 e. The lowest BCUT2D eigenvalue weighted by Crippen LogP contribution is -2.33. The molecule has 0 saturated carbocycles. The highest BCUT2D eigenvalue weighted by atomic mass is 35.5. The van der Waals surface area contributed by atoms with Gasteiger partial charge in [-0.3, -0.25) is 4.79 Å². The zero-order valence-electron chi connectivity index (χ0n) is 25.5. The highest BCUT2D eigenvalue weighted by Crippen LogP contribution is 2.32. The Hall–Kier alpha value is -4.59. The summed E-state index contributed by atoms with van der Waals surface area (Å²) in [5.74, 6) is 0.373. The number of hydrogen-bond acceptors (Lipinski definition) is 4. The van der Waals surface area contributed by atoms with Gasteiger partial charge in [-0.25, -0.2) is 9.78 Å². The van der Waals surface area contributed by atoms with Crippen molar-refractivity contribution < 1.29 is 19.4 Å². The van der Waals surface area contributed by atoms with E-state index in [0.29, 0.717) is 28.8 Å². The van der Waals surface area contributed by atoms with Crippen molar-refractivity contribution in [2.24, 2.45) is 0 Å². The first kappa shape index (κ1) is 32.8. The van der Waals surface area contributed by atoms with Crippen LogP contribution in [-0.2, 0) is 30.8 Å². The highest BCUT2D eigenvalue weighted by Gasteiger charge is 2.23. The van der Waals surface area contributed by atoms with Crippen molar-refractivity contribution in [1.82, 2.24) is 14.9 Å². The predicted octanol–water partition coefficient (Wildman–Crippen LogP) is 8.58. The molecule has 236 valence electrons. The summed E-state index contributed by atoms with van der Waals surface area (Å²) in [6.07, 6.45) is 4.71. The maximum atomic E-state index is 13.4. The molecule has 0 aliphatic heterocycles. The molecule has 1 heterocycles. The minimum atomic E-state index is -0.963. The van der Waals surface area contributed by atoms with Crippen molar-refractivity contribution in [3.8, 4) is 17.0 Å². The number of carboxylic acid groups (broad SMARTS) is 1. The second-order valence-corrected chi connectivity index (χ2v) is 11.9. The first-order valence-electron chi connectivity index (χ1n) is 15.2. The Kier molecular flexibility index (Phi) is 11.1. The number of benzene rings is 4. The zero-order chi connectivity index (χ0) is 32.5. The number of aryl methyl sites for hydroxylation is 1. The number of aromatic carboxylic acids is 1. The van der Waals surface area contributed by atoms with Gasteiger partial charge in [-0.2, -0.15) is 0 Å². The van der Waals surface area contributed by atoms with Crippen molar-refractivity contribution in [1.29, 1.82) is 0 Å². The van der Waals surface area contributed by atoms with Crippen molar-refractivity contribution >= 4 is 35.1 Å². The predicted molar refractivity (Wildman–Crippen MR) is 181 cm³/mol. The Balaban J connectivity index is 1.39. The van der Waals surface area contributed by atoms with Gasteiger partial charge in [0.1, 0.15) is 18.2 Å². The largest absolute Gasteiger partial charge is 0.489 e. The normalized spacial score (nSPS) is 11.6. The third kappa shape index (κ3) is 8.77. The van der Waals surface area contributed by atoms with E-state index in [1.165, 1.54) is 0 Å². The lowest BCUT2D eigenvalue weighted by atomic mass is 10.0. The summed E-state index contributed by atoms with van der Waals surface area (Å²) < 4.78 is 8.06. The fourth-order valence-electron chi connectivity index (χ4n) is 5.14. The molecule has 5 rings (SSSR count). The number of carbonyl (C=O) groups is 2. The average Bonchev–Trinajstić information content (AvgIpc) is 3.47. The Bertz CT molecular complexity index is 1770.